The van der Waals surface area contributed by atoms with Crippen molar-refractivity contribution >= 4 is 0 Å². The summed E-state index contributed by atoms with van der Waals surface area (Å²) in [4.78, 5) is 0. The molecular weight excluding hydrogens is 240 g/mol. The van der Waals surface area contributed by atoms with E-state index in [1.165, 1.54) is 5.56 Å². The molecule has 0 saturated heterocycles. The summed E-state index contributed by atoms with van der Waals surface area (Å²) in [6.07, 6.45) is 0.769. The van der Waals surface area contributed by atoms with Gasteiger partial charge in [-0.05, 0) is 29.7 Å². The van der Waals surface area contributed by atoms with E-state index in [4.69, 9.17) is 4.74 Å². The first-order chi connectivity index (χ1) is 9.28. The van der Waals surface area contributed by atoms with Crippen LogP contribution >= 0.6 is 0 Å². The molecule has 0 amide bonds. The molecular formula is C16H18O3. The summed E-state index contributed by atoms with van der Waals surface area (Å²) in [7, 11) is 1.55. The maximum absolute atomic E-state index is 9.40. The van der Waals surface area contributed by atoms with Gasteiger partial charge in [0, 0.05) is 11.1 Å². The van der Waals surface area contributed by atoms with E-state index in [0.29, 0.717) is 16.9 Å². The van der Waals surface area contributed by atoms with Gasteiger partial charge in [0.15, 0.2) is 0 Å². The number of benzene rings is 2. The molecule has 100 valence electrons. The molecule has 0 aromatic heterocycles. The Kier molecular flexibility index (Phi) is 4.55. The predicted octanol–water partition coefficient (Wildman–Crippen LogP) is 2.27. The molecule has 0 spiro atoms. The van der Waals surface area contributed by atoms with Gasteiger partial charge in [-0.1, -0.05) is 30.3 Å². The molecule has 0 aliphatic carbocycles. The first-order valence-corrected chi connectivity index (χ1v) is 6.22. The van der Waals surface area contributed by atoms with Crippen LogP contribution in [0.4, 0.5) is 0 Å². The van der Waals surface area contributed by atoms with Gasteiger partial charge in [0.05, 0.1) is 20.3 Å². The van der Waals surface area contributed by atoms with Crippen LogP contribution in [-0.4, -0.2) is 17.3 Å². The summed E-state index contributed by atoms with van der Waals surface area (Å²) in [5.41, 5.74) is 3.67. The Hall–Kier alpha value is -1.84. The van der Waals surface area contributed by atoms with E-state index in [1.807, 2.05) is 30.3 Å². The highest BCUT2D eigenvalue weighted by Crippen LogP contribution is 2.27. The van der Waals surface area contributed by atoms with Gasteiger partial charge in [0.25, 0.3) is 0 Å². The minimum atomic E-state index is -0.0984. The molecule has 3 nitrogen and oxygen atoms in total. The summed E-state index contributed by atoms with van der Waals surface area (Å²) in [5, 5.41) is 18.8. The molecule has 2 aromatic rings. The Morgan fingerprint density at radius 2 is 1.47 bits per heavy atom. The van der Waals surface area contributed by atoms with Crippen molar-refractivity contribution in [1.82, 2.24) is 0 Å². The van der Waals surface area contributed by atoms with Crippen molar-refractivity contribution in [3.63, 3.8) is 0 Å². The van der Waals surface area contributed by atoms with Gasteiger partial charge in [-0.15, -0.1) is 0 Å². The van der Waals surface area contributed by atoms with Crippen molar-refractivity contribution in [2.45, 2.75) is 19.6 Å². The summed E-state index contributed by atoms with van der Waals surface area (Å²) in [5.74, 6) is 0.571. The standard InChI is InChI=1S/C16H18O3/c1-19-16-14(10-17)8-13(9-15(16)11-18)7-12-5-3-2-4-6-12/h2-6,8-9,17-18H,7,10-11H2,1H3. The molecule has 0 aliphatic rings. The Morgan fingerprint density at radius 3 is 1.95 bits per heavy atom. The van der Waals surface area contributed by atoms with Gasteiger partial charge >= 0.3 is 0 Å². The molecule has 0 aliphatic heterocycles. The zero-order valence-corrected chi connectivity index (χ0v) is 11.0. The average Bonchev–Trinajstić information content (AvgIpc) is 2.47. The van der Waals surface area contributed by atoms with Crippen molar-refractivity contribution in [2.24, 2.45) is 0 Å². The quantitative estimate of drug-likeness (QED) is 0.865. The van der Waals surface area contributed by atoms with E-state index in [-0.39, 0.29) is 13.2 Å². The zero-order valence-electron chi connectivity index (χ0n) is 11.0. The van der Waals surface area contributed by atoms with Gasteiger partial charge in [-0.3, -0.25) is 0 Å². The van der Waals surface area contributed by atoms with Gasteiger partial charge in [0.2, 0.25) is 0 Å². The number of methoxy groups -OCH3 is 1. The molecule has 0 bridgehead atoms. The van der Waals surface area contributed by atoms with E-state index in [2.05, 4.69) is 12.1 Å². The van der Waals surface area contributed by atoms with Crippen molar-refractivity contribution in [1.29, 1.82) is 0 Å². The van der Waals surface area contributed by atoms with Crippen molar-refractivity contribution in [2.75, 3.05) is 7.11 Å². The third-order valence-electron chi connectivity index (χ3n) is 3.10. The van der Waals surface area contributed by atoms with Crippen LogP contribution in [0.1, 0.15) is 22.3 Å². The Balaban J connectivity index is 2.36. The molecule has 0 heterocycles. The van der Waals surface area contributed by atoms with E-state index in [0.717, 1.165) is 12.0 Å². The Morgan fingerprint density at radius 1 is 0.895 bits per heavy atom. The molecule has 2 aromatic carbocycles. The highest BCUT2D eigenvalue weighted by atomic mass is 16.5. The molecule has 0 fully saturated rings. The average molecular weight is 258 g/mol. The van der Waals surface area contributed by atoms with Crippen LogP contribution < -0.4 is 4.74 Å². The summed E-state index contributed by atoms with van der Waals surface area (Å²) < 4.78 is 5.24. The number of hydrogen-bond donors (Lipinski definition) is 2. The number of ether oxygens (including phenoxy) is 1. The van der Waals surface area contributed by atoms with Crippen molar-refractivity contribution in [3.8, 4) is 5.75 Å². The van der Waals surface area contributed by atoms with Crippen LogP contribution in [0.3, 0.4) is 0 Å². The maximum atomic E-state index is 9.40. The fraction of sp³-hybridized carbons (Fsp3) is 0.250. The normalized spacial score (nSPS) is 10.5. The molecule has 0 atom stereocenters. The van der Waals surface area contributed by atoms with E-state index in [1.54, 1.807) is 7.11 Å². The topological polar surface area (TPSA) is 49.7 Å². The zero-order chi connectivity index (χ0) is 13.7. The number of hydrogen-bond acceptors (Lipinski definition) is 3. The highest BCUT2D eigenvalue weighted by Gasteiger charge is 2.10. The second-order valence-electron chi connectivity index (χ2n) is 4.43. The lowest BCUT2D eigenvalue weighted by molar-refractivity contribution is 0.260. The minimum Gasteiger partial charge on any atom is -0.496 e. The molecule has 3 heteroatoms. The van der Waals surface area contributed by atoms with E-state index in [9.17, 15) is 10.2 Å². The second-order valence-corrected chi connectivity index (χ2v) is 4.43. The highest BCUT2D eigenvalue weighted by molar-refractivity contribution is 5.45. The smallest absolute Gasteiger partial charge is 0.129 e. The van der Waals surface area contributed by atoms with Crippen molar-refractivity contribution in [3.05, 3.63) is 64.7 Å². The lowest BCUT2D eigenvalue weighted by Crippen LogP contribution is -2.01. The molecule has 2 rings (SSSR count). The number of aliphatic hydroxyl groups is 2. The molecule has 2 N–H and O–H groups in total. The summed E-state index contributed by atoms with van der Waals surface area (Å²) in [6.45, 7) is -0.197. The third-order valence-corrected chi connectivity index (χ3v) is 3.10. The molecule has 0 unspecified atom stereocenters. The van der Waals surface area contributed by atoms with Crippen LogP contribution in [0.25, 0.3) is 0 Å². The fourth-order valence-corrected chi connectivity index (χ4v) is 2.26. The molecule has 19 heavy (non-hydrogen) atoms. The van der Waals surface area contributed by atoms with Crippen molar-refractivity contribution < 1.29 is 14.9 Å². The minimum absolute atomic E-state index is 0.0984. The lowest BCUT2D eigenvalue weighted by atomic mass is 9.99. The van der Waals surface area contributed by atoms with Crippen LogP contribution in [-0.2, 0) is 19.6 Å². The number of rotatable bonds is 5. The van der Waals surface area contributed by atoms with Crippen LogP contribution in [0.15, 0.2) is 42.5 Å². The SMILES string of the molecule is COc1c(CO)cc(Cc2ccccc2)cc1CO. The largest absolute Gasteiger partial charge is 0.496 e. The first kappa shape index (κ1) is 13.6. The Bertz CT molecular complexity index is 510. The van der Waals surface area contributed by atoms with Gasteiger partial charge in [-0.25, -0.2) is 0 Å². The van der Waals surface area contributed by atoms with Crippen LogP contribution in [0, 0.1) is 0 Å². The maximum Gasteiger partial charge on any atom is 0.129 e. The summed E-state index contributed by atoms with van der Waals surface area (Å²) >= 11 is 0. The predicted molar refractivity (Wildman–Crippen MR) is 74.1 cm³/mol. The molecule has 0 saturated carbocycles. The molecule has 0 radical (unpaired) electrons. The summed E-state index contributed by atoms with van der Waals surface area (Å²) in [6, 6.07) is 13.9. The fourth-order valence-electron chi connectivity index (χ4n) is 2.26. The van der Waals surface area contributed by atoms with Gasteiger partial charge < -0.3 is 14.9 Å². The monoisotopic (exact) mass is 258 g/mol. The van der Waals surface area contributed by atoms with E-state index >= 15 is 0 Å². The van der Waals surface area contributed by atoms with Crippen LogP contribution in [0.5, 0.6) is 5.75 Å². The lowest BCUT2D eigenvalue weighted by Gasteiger charge is -2.13. The number of aliphatic hydroxyl groups excluding tert-OH is 2. The Labute approximate surface area is 113 Å². The van der Waals surface area contributed by atoms with Gasteiger partial charge in [-0.2, -0.15) is 0 Å². The second kappa shape index (κ2) is 6.36. The van der Waals surface area contributed by atoms with E-state index < -0.39 is 0 Å². The van der Waals surface area contributed by atoms with Gasteiger partial charge in [0.1, 0.15) is 5.75 Å². The van der Waals surface area contributed by atoms with Crippen LogP contribution in [0.2, 0.25) is 0 Å². The third kappa shape index (κ3) is 3.13. The first-order valence-electron chi connectivity index (χ1n) is 6.22.